The van der Waals surface area contributed by atoms with Crippen LogP contribution in [0.2, 0.25) is 0 Å². The van der Waals surface area contributed by atoms with Gasteiger partial charge in [-0.05, 0) is 64.3 Å². The molecular formula is C23H32N6O3. The molecule has 9 nitrogen and oxygen atoms in total. The monoisotopic (exact) mass is 440 g/mol. The Morgan fingerprint density at radius 2 is 1.59 bits per heavy atom. The van der Waals surface area contributed by atoms with Gasteiger partial charge in [0.1, 0.15) is 5.60 Å². The molecular weight excluding hydrogens is 408 g/mol. The maximum atomic E-state index is 12.6. The van der Waals surface area contributed by atoms with E-state index in [2.05, 4.69) is 25.7 Å². The first-order valence-electron chi connectivity index (χ1n) is 10.9. The lowest BCUT2D eigenvalue weighted by Crippen LogP contribution is -2.42. The summed E-state index contributed by atoms with van der Waals surface area (Å²) in [5.41, 5.74) is 0.385. The van der Waals surface area contributed by atoms with Crippen molar-refractivity contribution in [2.75, 3.05) is 11.9 Å². The molecule has 0 radical (unpaired) electrons. The molecule has 2 heterocycles. The van der Waals surface area contributed by atoms with Gasteiger partial charge in [0.2, 0.25) is 11.7 Å². The van der Waals surface area contributed by atoms with Crippen LogP contribution >= 0.6 is 0 Å². The minimum Gasteiger partial charge on any atom is -0.444 e. The van der Waals surface area contributed by atoms with Gasteiger partial charge in [0.25, 0.3) is 0 Å². The zero-order valence-electron chi connectivity index (χ0n) is 19.7. The lowest BCUT2D eigenvalue weighted by atomic mass is 9.95. The minimum absolute atomic E-state index is 0.0591. The highest BCUT2D eigenvalue weighted by molar-refractivity contribution is 5.94. The van der Waals surface area contributed by atoms with E-state index in [0.717, 1.165) is 24.8 Å². The van der Waals surface area contributed by atoms with E-state index in [1.807, 2.05) is 53.7 Å². The molecule has 2 amide bonds. The van der Waals surface area contributed by atoms with Gasteiger partial charge in [0.15, 0.2) is 5.82 Å². The van der Waals surface area contributed by atoms with E-state index < -0.39 is 11.0 Å². The lowest BCUT2D eigenvalue weighted by molar-refractivity contribution is -0.123. The van der Waals surface area contributed by atoms with Crippen molar-refractivity contribution >= 4 is 17.7 Å². The van der Waals surface area contributed by atoms with Gasteiger partial charge < -0.3 is 10.1 Å². The van der Waals surface area contributed by atoms with Crippen LogP contribution in [0.4, 0.5) is 10.5 Å². The number of likely N-dealkylation sites (tertiary alicyclic amines) is 1. The highest BCUT2D eigenvalue weighted by Crippen LogP contribution is 2.30. The second kappa shape index (κ2) is 9.18. The van der Waals surface area contributed by atoms with E-state index in [1.54, 1.807) is 17.0 Å². The standard InChI is InChI=1S/C23H32N6O3/c1-22(2,3)20(30)24-16-12-10-15(11-13-16)18-25-27-19(28-26-18)17-9-7-8-14-29(17)21(31)32-23(4,5)6/h10-13,17H,7-9,14H2,1-6H3,(H,24,30). The van der Waals surface area contributed by atoms with E-state index in [1.165, 1.54) is 0 Å². The Morgan fingerprint density at radius 3 is 2.16 bits per heavy atom. The number of carbonyl (C=O) groups excluding carboxylic acids is 2. The van der Waals surface area contributed by atoms with E-state index >= 15 is 0 Å². The number of piperidine rings is 1. The second-order valence-electron chi connectivity index (χ2n) is 10.0. The Hall–Kier alpha value is -3.10. The molecule has 9 heteroatoms. The molecule has 1 aliphatic heterocycles. The van der Waals surface area contributed by atoms with Crippen molar-refractivity contribution in [2.24, 2.45) is 5.41 Å². The molecule has 0 spiro atoms. The summed E-state index contributed by atoms with van der Waals surface area (Å²) < 4.78 is 5.54. The van der Waals surface area contributed by atoms with Crippen LogP contribution in [0, 0.1) is 5.41 Å². The molecule has 1 atom stereocenters. The third-order valence-electron chi connectivity index (χ3n) is 5.01. The van der Waals surface area contributed by atoms with Crippen LogP contribution < -0.4 is 5.32 Å². The number of nitrogens with zero attached hydrogens (tertiary/aromatic N) is 5. The highest BCUT2D eigenvalue weighted by atomic mass is 16.6. The first-order chi connectivity index (χ1) is 14.9. The molecule has 0 bridgehead atoms. The van der Waals surface area contributed by atoms with Gasteiger partial charge in [-0.1, -0.05) is 20.8 Å². The van der Waals surface area contributed by atoms with E-state index in [0.29, 0.717) is 23.9 Å². The maximum absolute atomic E-state index is 12.6. The number of ether oxygens (including phenoxy) is 1. The fraction of sp³-hybridized carbons (Fsp3) is 0.565. The van der Waals surface area contributed by atoms with Gasteiger partial charge in [0.05, 0.1) is 6.04 Å². The first kappa shape index (κ1) is 23.6. The highest BCUT2D eigenvalue weighted by Gasteiger charge is 2.33. The summed E-state index contributed by atoms with van der Waals surface area (Å²) in [5, 5.41) is 19.9. The lowest BCUT2D eigenvalue weighted by Gasteiger charge is -2.35. The Balaban J connectivity index is 1.72. The fourth-order valence-electron chi connectivity index (χ4n) is 3.25. The van der Waals surface area contributed by atoms with Gasteiger partial charge in [-0.15, -0.1) is 20.4 Å². The van der Waals surface area contributed by atoms with E-state index in [9.17, 15) is 9.59 Å². The van der Waals surface area contributed by atoms with E-state index in [-0.39, 0.29) is 18.0 Å². The molecule has 1 aromatic heterocycles. The first-order valence-corrected chi connectivity index (χ1v) is 10.9. The summed E-state index contributed by atoms with van der Waals surface area (Å²) in [4.78, 5) is 26.4. The summed E-state index contributed by atoms with van der Waals surface area (Å²) in [6.45, 7) is 11.7. The molecule has 1 N–H and O–H groups in total. The third kappa shape index (κ3) is 5.99. The molecule has 172 valence electrons. The van der Waals surface area contributed by atoms with Crippen LogP contribution in [0.1, 0.15) is 72.7 Å². The van der Waals surface area contributed by atoms with E-state index in [4.69, 9.17) is 4.74 Å². The van der Waals surface area contributed by atoms with Gasteiger partial charge in [-0.2, -0.15) is 0 Å². The second-order valence-corrected chi connectivity index (χ2v) is 10.0. The van der Waals surface area contributed by atoms with Crippen molar-refractivity contribution in [1.29, 1.82) is 0 Å². The van der Waals surface area contributed by atoms with Gasteiger partial charge in [-0.3, -0.25) is 9.69 Å². The van der Waals surface area contributed by atoms with Crippen molar-refractivity contribution in [3.8, 4) is 11.4 Å². The summed E-state index contributed by atoms with van der Waals surface area (Å²) in [6, 6.07) is 6.90. The molecule has 1 fully saturated rings. The van der Waals surface area contributed by atoms with Crippen molar-refractivity contribution < 1.29 is 14.3 Å². The normalized spacial score (nSPS) is 17.1. The number of hydrogen-bond donors (Lipinski definition) is 1. The quantitative estimate of drug-likeness (QED) is 0.754. The molecule has 32 heavy (non-hydrogen) atoms. The number of rotatable bonds is 3. The summed E-state index contributed by atoms with van der Waals surface area (Å²) >= 11 is 0. The molecule has 1 aliphatic rings. The number of nitrogens with one attached hydrogen (secondary N) is 1. The van der Waals surface area contributed by atoms with Crippen LogP contribution in [0.25, 0.3) is 11.4 Å². The molecule has 1 saturated heterocycles. The van der Waals surface area contributed by atoms with Gasteiger partial charge in [-0.25, -0.2) is 4.79 Å². The predicted molar refractivity (Wildman–Crippen MR) is 121 cm³/mol. The number of carbonyl (C=O) groups is 2. The number of anilines is 1. The van der Waals surface area contributed by atoms with Crippen molar-refractivity contribution in [3.63, 3.8) is 0 Å². The van der Waals surface area contributed by atoms with Crippen LogP contribution in [-0.4, -0.2) is 49.4 Å². The minimum atomic E-state index is -0.571. The van der Waals surface area contributed by atoms with Gasteiger partial charge >= 0.3 is 6.09 Å². The maximum Gasteiger partial charge on any atom is 0.410 e. The smallest absolute Gasteiger partial charge is 0.410 e. The third-order valence-corrected chi connectivity index (χ3v) is 5.01. The number of amides is 2. The van der Waals surface area contributed by atoms with Crippen LogP contribution in [0.3, 0.4) is 0 Å². The molecule has 0 aliphatic carbocycles. The van der Waals surface area contributed by atoms with Gasteiger partial charge in [0, 0.05) is 23.2 Å². The summed E-state index contributed by atoms with van der Waals surface area (Å²) in [7, 11) is 0. The Labute approximate surface area is 189 Å². The Bertz CT molecular complexity index is 946. The van der Waals surface area contributed by atoms with Crippen LogP contribution in [0.15, 0.2) is 24.3 Å². The molecule has 2 aromatic rings. The van der Waals surface area contributed by atoms with Crippen molar-refractivity contribution in [3.05, 3.63) is 30.1 Å². The Kier molecular flexibility index (Phi) is 6.76. The summed E-state index contributed by atoms with van der Waals surface area (Å²) in [6.07, 6.45) is 2.25. The molecule has 1 unspecified atom stereocenters. The number of hydrogen-bond acceptors (Lipinski definition) is 7. The average Bonchev–Trinajstić information content (AvgIpc) is 2.72. The number of benzene rings is 1. The topological polar surface area (TPSA) is 110 Å². The molecule has 1 aromatic carbocycles. The fourth-order valence-corrected chi connectivity index (χ4v) is 3.25. The zero-order chi connectivity index (χ0) is 23.5. The van der Waals surface area contributed by atoms with Crippen LogP contribution in [0.5, 0.6) is 0 Å². The predicted octanol–water partition coefficient (Wildman–Crippen LogP) is 4.38. The average molecular weight is 441 g/mol. The van der Waals surface area contributed by atoms with Crippen molar-refractivity contribution in [2.45, 2.75) is 72.4 Å². The molecule has 0 saturated carbocycles. The van der Waals surface area contributed by atoms with Crippen LogP contribution in [-0.2, 0) is 9.53 Å². The SMILES string of the molecule is CC(C)(C)OC(=O)N1CCCCC1c1nnc(-c2ccc(NC(=O)C(C)(C)C)cc2)nn1. The Morgan fingerprint density at radius 1 is 0.969 bits per heavy atom. The number of aromatic nitrogens is 4. The molecule has 3 rings (SSSR count). The van der Waals surface area contributed by atoms with Crippen molar-refractivity contribution in [1.82, 2.24) is 25.3 Å². The zero-order valence-corrected chi connectivity index (χ0v) is 19.7. The largest absolute Gasteiger partial charge is 0.444 e. The summed E-state index contributed by atoms with van der Waals surface area (Å²) in [5.74, 6) is 0.728.